The normalized spacial score (nSPS) is 26.7. The largest absolute Gasteiger partial charge is 0.474 e. The summed E-state index contributed by atoms with van der Waals surface area (Å²) >= 11 is 0. The van der Waals surface area contributed by atoms with Crippen LogP contribution < -0.4 is 21.1 Å². The van der Waals surface area contributed by atoms with E-state index >= 15 is 0 Å². The Balaban J connectivity index is 2.00. The molecule has 1 aromatic carbocycles. The highest BCUT2D eigenvalue weighted by molar-refractivity contribution is 6.03. The fourth-order valence-electron chi connectivity index (χ4n) is 2.58. The molecule has 1 fully saturated rings. The Bertz CT molecular complexity index is 699. The number of carbonyl (C=O) groups is 2. The lowest BCUT2D eigenvalue weighted by Gasteiger charge is -2.34. The maximum Gasteiger partial charge on any atom is 0.270 e. The Labute approximate surface area is 118 Å². The fourth-order valence-corrected chi connectivity index (χ4v) is 2.58. The molecule has 21 heavy (non-hydrogen) atoms. The molecule has 1 saturated heterocycles. The molecule has 0 saturated carbocycles. The first-order valence-electron chi connectivity index (χ1n) is 6.22. The van der Waals surface area contributed by atoms with Crippen LogP contribution in [0.4, 0.5) is 10.1 Å². The minimum Gasteiger partial charge on any atom is -0.474 e. The first-order chi connectivity index (χ1) is 9.95. The van der Waals surface area contributed by atoms with Crippen LogP contribution in [0.2, 0.25) is 0 Å². The van der Waals surface area contributed by atoms with Gasteiger partial charge in [-0.3, -0.25) is 9.59 Å². The van der Waals surface area contributed by atoms with Gasteiger partial charge < -0.3 is 21.1 Å². The number of halogens is 1. The van der Waals surface area contributed by atoms with Crippen LogP contribution in [0.15, 0.2) is 12.1 Å². The summed E-state index contributed by atoms with van der Waals surface area (Å²) in [7, 11) is 0. The van der Waals surface area contributed by atoms with Crippen molar-refractivity contribution in [1.29, 1.82) is 5.26 Å². The van der Waals surface area contributed by atoms with Crippen LogP contribution in [0, 0.1) is 17.1 Å². The summed E-state index contributed by atoms with van der Waals surface area (Å²) in [6.07, 6.45) is 0.0476. The first-order valence-corrected chi connectivity index (χ1v) is 6.22. The second-order valence-electron chi connectivity index (χ2n) is 5.03. The van der Waals surface area contributed by atoms with Gasteiger partial charge in [0.1, 0.15) is 23.3 Å². The van der Waals surface area contributed by atoms with Crippen molar-refractivity contribution in [2.24, 2.45) is 5.73 Å². The van der Waals surface area contributed by atoms with Gasteiger partial charge in [-0.1, -0.05) is 0 Å². The SMILES string of the molecule is N#Cc1cc(F)cc2c1NC(=O)[C@@]1(CN[C@H](C(N)=O)C1)O2. The smallest absolute Gasteiger partial charge is 0.270 e. The first kappa shape index (κ1) is 13.3. The van der Waals surface area contributed by atoms with E-state index in [-0.39, 0.29) is 30.0 Å². The molecule has 8 heteroatoms. The molecule has 0 radical (unpaired) electrons. The van der Waals surface area contributed by atoms with E-state index in [1.807, 2.05) is 0 Å². The molecule has 3 rings (SSSR count). The number of nitrogens with one attached hydrogen (secondary N) is 2. The van der Waals surface area contributed by atoms with Gasteiger partial charge in [0.2, 0.25) is 11.5 Å². The predicted octanol–water partition coefficient (Wildman–Crippen LogP) is -0.386. The highest BCUT2D eigenvalue weighted by Gasteiger charge is 2.52. The van der Waals surface area contributed by atoms with Crippen LogP contribution in [0.3, 0.4) is 0 Å². The molecule has 2 amide bonds. The van der Waals surface area contributed by atoms with Gasteiger partial charge >= 0.3 is 0 Å². The Morgan fingerprint density at radius 1 is 1.57 bits per heavy atom. The van der Waals surface area contributed by atoms with Crippen LogP contribution in [0.25, 0.3) is 0 Å². The Morgan fingerprint density at radius 2 is 2.33 bits per heavy atom. The Morgan fingerprint density at radius 3 is 2.95 bits per heavy atom. The number of carbonyl (C=O) groups excluding carboxylic acids is 2. The zero-order chi connectivity index (χ0) is 15.2. The third kappa shape index (κ3) is 1.98. The lowest BCUT2D eigenvalue weighted by atomic mass is 9.95. The summed E-state index contributed by atoms with van der Waals surface area (Å²) in [5, 5.41) is 14.3. The van der Waals surface area contributed by atoms with Crippen molar-refractivity contribution < 1.29 is 18.7 Å². The van der Waals surface area contributed by atoms with Gasteiger partial charge in [0.25, 0.3) is 5.91 Å². The summed E-state index contributed by atoms with van der Waals surface area (Å²) in [5.41, 5.74) is 3.99. The monoisotopic (exact) mass is 290 g/mol. The number of nitrogens with two attached hydrogens (primary N) is 1. The number of anilines is 1. The number of benzene rings is 1. The highest BCUT2D eigenvalue weighted by atomic mass is 19.1. The molecule has 0 bridgehead atoms. The average Bonchev–Trinajstić information content (AvgIpc) is 2.85. The number of hydrogen-bond donors (Lipinski definition) is 3. The van der Waals surface area contributed by atoms with Gasteiger partial charge in [0.15, 0.2) is 0 Å². The van der Waals surface area contributed by atoms with E-state index in [2.05, 4.69) is 10.6 Å². The fraction of sp³-hybridized carbons (Fsp3) is 0.308. The molecule has 0 unspecified atom stereocenters. The van der Waals surface area contributed by atoms with E-state index < -0.39 is 29.3 Å². The van der Waals surface area contributed by atoms with Gasteiger partial charge in [0, 0.05) is 19.0 Å². The number of ether oxygens (including phenoxy) is 1. The third-order valence-corrected chi connectivity index (χ3v) is 3.66. The lowest BCUT2D eigenvalue weighted by molar-refractivity contribution is -0.131. The molecule has 1 aromatic rings. The van der Waals surface area contributed by atoms with E-state index in [0.29, 0.717) is 0 Å². The van der Waals surface area contributed by atoms with E-state index in [1.54, 1.807) is 6.07 Å². The van der Waals surface area contributed by atoms with Crippen LogP contribution >= 0.6 is 0 Å². The van der Waals surface area contributed by atoms with Crippen molar-refractivity contribution in [1.82, 2.24) is 5.32 Å². The van der Waals surface area contributed by atoms with E-state index in [9.17, 15) is 14.0 Å². The molecule has 2 heterocycles. The van der Waals surface area contributed by atoms with Crippen molar-refractivity contribution in [2.45, 2.75) is 18.1 Å². The number of primary amides is 1. The molecule has 1 spiro atoms. The standard InChI is InChI=1S/C13H11FN4O3/c14-7-1-6(4-15)10-9(2-7)21-13(12(20)18-10)3-8(11(16)19)17-5-13/h1-2,8,17H,3,5H2,(H2,16,19)(H,18,20)/t8-,13+/m0/s1. The molecule has 2 aliphatic rings. The van der Waals surface area contributed by atoms with E-state index in [0.717, 1.165) is 12.1 Å². The lowest BCUT2D eigenvalue weighted by Crippen LogP contribution is -2.52. The van der Waals surface area contributed by atoms with Crippen LogP contribution in [0.1, 0.15) is 12.0 Å². The number of hydrogen-bond acceptors (Lipinski definition) is 5. The van der Waals surface area contributed by atoms with Crippen molar-refractivity contribution >= 4 is 17.5 Å². The highest BCUT2D eigenvalue weighted by Crippen LogP contribution is 2.39. The summed E-state index contributed by atoms with van der Waals surface area (Å²) in [5.74, 6) is -1.66. The number of amides is 2. The van der Waals surface area contributed by atoms with E-state index in [1.165, 1.54) is 0 Å². The molecular weight excluding hydrogens is 279 g/mol. The molecule has 7 nitrogen and oxygen atoms in total. The van der Waals surface area contributed by atoms with Gasteiger partial charge in [-0.15, -0.1) is 0 Å². The van der Waals surface area contributed by atoms with E-state index in [4.69, 9.17) is 15.7 Å². The summed E-state index contributed by atoms with van der Waals surface area (Å²) < 4.78 is 19.1. The Hall–Kier alpha value is -2.66. The molecule has 0 aliphatic carbocycles. The molecular formula is C13H11FN4O3. The van der Waals surface area contributed by atoms with Crippen LogP contribution in [-0.4, -0.2) is 30.0 Å². The topological polar surface area (TPSA) is 117 Å². The minimum absolute atomic E-state index is 0.0226. The molecule has 2 aliphatic heterocycles. The maximum absolute atomic E-state index is 13.5. The maximum atomic E-state index is 13.5. The van der Waals surface area contributed by atoms with Gasteiger partial charge in [-0.25, -0.2) is 4.39 Å². The number of nitrogens with zero attached hydrogens (tertiary/aromatic N) is 1. The van der Waals surface area contributed by atoms with Crippen molar-refractivity contribution in [3.63, 3.8) is 0 Å². The van der Waals surface area contributed by atoms with Crippen molar-refractivity contribution in [3.8, 4) is 11.8 Å². The van der Waals surface area contributed by atoms with Crippen LogP contribution in [-0.2, 0) is 9.59 Å². The van der Waals surface area contributed by atoms with Gasteiger partial charge in [-0.2, -0.15) is 5.26 Å². The van der Waals surface area contributed by atoms with Crippen LogP contribution in [0.5, 0.6) is 5.75 Å². The Kier molecular flexibility index (Phi) is 2.81. The molecule has 4 N–H and O–H groups in total. The summed E-state index contributed by atoms with van der Waals surface area (Å²) in [6.45, 7) is 0.0737. The molecule has 108 valence electrons. The summed E-state index contributed by atoms with van der Waals surface area (Å²) in [4.78, 5) is 23.5. The van der Waals surface area contributed by atoms with Gasteiger partial charge in [-0.05, 0) is 6.07 Å². The average molecular weight is 290 g/mol. The second-order valence-corrected chi connectivity index (χ2v) is 5.03. The third-order valence-electron chi connectivity index (χ3n) is 3.66. The number of rotatable bonds is 1. The minimum atomic E-state index is -1.33. The van der Waals surface area contributed by atoms with Crippen molar-refractivity contribution in [2.75, 3.05) is 11.9 Å². The zero-order valence-corrected chi connectivity index (χ0v) is 10.8. The van der Waals surface area contributed by atoms with Crippen molar-refractivity contribution in [3.05, 3.63) is 23.5 Å². The molecule has 2 atom stereocenters. The number of nitriles is 1. The quantitative estimate of drug-likeness (QED) is 0.651. The zero-order valence-electron chi connectivity index (χ0n) is 10.8. The summed E-state index contributed by atoms with van der Waals surface area (Å²) in [6, 6.07) is 3.21. The second kappa shape index (κ2) is 4.43. The number of fused-ring (bicyclic) bond motifs is 1. The van der Waals surface area contributed by atoms with Gasteiger partial charge in [0.05, 0.1) is 11.6 Å². The molecule has 0 aromatic heterocycles. The predicted molar refractivity (Wildman–Crippen MR) is 68.7 cm³/mol.